The van der Waals surface area contributed by atoms with Gasteiger partial charge in [-0.3, -0.25) is 0 Å². The van der Waals surface area contributed by atoms with E-state index < -0.39 is 10.0 Å². The van der Waals surface area contributed by atoms with Crippen LogP contribution in [0.1, 0.15) is 56.5 Å². The third-order valence-electron chi connectivity index (χ3n) is 5.45. The molecule has 3 heterocycles. The average molecular weight is 370 g/mol. The lowest BCUT2D eigenvalue weighted by Crippen LogP contribution is -2.42. The van der Waals surface area contributed by atoms with Crippen LogP contribution >= 0.6 is 0 Å². The van der Waals surface area contributed by atoms with Gasteiger partial charge in [-0.15, -0.1) is 0 Å². The quantitative estimate of drug-likeness (QED) is 0.773. The average Bonchev–Trinajstić information content (AvgIpc) is 2.97. The Balaban J connectivity index is 1.71. The van der Waals surface area contributed by atoms with Crippen LogP contribution in [0.15, 0.2) is 6.20 Å². The van der Waals surface area contributed by atoms with Crippen molar-refractivity contribution in [3.63, 3.8) is 0 Å². The Hall–Kier alpha value is -0.920. The van der Waals surface area contributed by atoms with Gasteiger partial charge in [-0.05, 0) is 44.9 Å². The Morgan fingerprint density at radius 3 is 2.76 bits per heavy atom. The SMILES string of the molecule is CCCS(=O)(=O)N1CCCC(Cn2c(C)cnc2C2CCOCC2)C1. The number of hydrogen-bond acceptors (Lipinski definition) is 4. The predicted octanol–water partition coefficient (Wildman–Crippen LogP) is 2.54. The van der Waals surface area contributed by atoms with Gasteiger partial charge in [0.2, 0.25) is 10.0 Å². The summed E-state index contributed by atoms with van der Waals surface area (Å²) in [6.45, 7) is 7.84. The first-order valence-electron chi connectivity index (χ1n) is 9.59. The summed E-state index contributed by atoms with van der Waals surface area (Å²) in [6, 6.07) is 0. The minimum Gasteiger partial charge on any atom is -0.381 e. The summed E-state index contributed by atoms with van der Waals surface area (Å²) >= 11 is 0. The van der Waals surface area contributed by atoms with Crippen LogP contribution in [0.25, 0.3) is 0 Å². The van der Waals surface area contributed by atoms with Crippen molar-refractivity contribution in [2.45, 2.75) is 58.4 Å². The maximum Gasteiger partial charge on any atom is 0.214 e. The number of rotatable bonds is 6. The summed E-state index contributed by atoms with van der Waals surface area (Å²) in [5, 5.41) is 0. The van der Waals surface area contributed by atoms with E-state index >= 15 is 0 Å². The van der Waals surface area contributed by atoms with Gasteiger partial charge >= 0.3 is 0 Å². The molecule has 2 aliphatic heterocycles. The summed E-state index contributed by atoms with van der Waals surface area (Å²) in [5.41, 5.74) is 1.18. The van der Waals surface area contributed by atoms with Gasteiger partial charge in [0.1, 0.15) is 5.82 Å². The third-order valence-corrected chi connectivity index (χ3v) is 7.49. The molecule has 3 rings (SSSR count). The van der Waals surface area contributed by atoms with E-state index in [9.17, 15) is 8.42 Å². The first kappa shape index (κ1) is 18.9. The Labute approximate surface area is 151 Å². The molecule has 0 amide bonds. The standard InChI is InChI=1S/C18H31N3O3S/c1-3-11-25(22,23)20-8-4-5-16(13-20)14-21-15(2)12-19-18(21)17-6-9-24-10-7-17/h12,16-17H,3-11,13-14H2,1-2H3. The zero-order valence-electron chi connectivity index (χ0n) is 15.5. The Morgan fingerprint density at radius 2 is 2.04 bits per heavy atom. The monoisotopic (exact) mass is 369 g/mol. The molecule has 1 aromatic heterocycles. The molecule has 1 aromatic rings. The summed E-state index contributed by atoms with van der Waals surface area (Å²) in [5.74, 6) is 2.25. The lowest BCUT2D eigenvalue weighted by atomic mass is 9.97. The minimum absolute atomic E-state index is 0.261. The Kier molecular flexibility index (Phi) is 6.17. The van der Waals surface area contributed by atoms with Crippen LogP contribution in [0.3, 0.4) is 0 Å². The first-order valence-corrected chi connectivity index (χ1v) is 11.2. The summed E-state index contributed by atoms with van der Waals surface area (Å²) in [7, 11) is -3.09. The second kappa shape index (κ2) is 8.18. The van der Waals surface area contributed by atoms with Crippen molar-refractivity contribution in [1.29, 1.82) is 0 Å². The van der Waals surface area contributed by atoms with Crippen molar-refractivity contribution < 1.29 is 13.2 Å². The van der Waals surface area contributed by atoms with Crippen molar-refractivity contribution in [3.05, 3.63) is 17.7 Å². The molecule has 1 unspecified atom stereocenters. The highest BCUT2D eigenvalue weighted by Gasteiger charge is 2.30. The number of ether oxygens (including phenoxy) is 1. The second-order valence-corrected chi connectivity index (χ2v) is 9.53. The lowest BCUT2D eigenvalue weighted by molar-refractivity contribution is 0.0824. The van der Waals surface area contributed by atoms with Gasteiger partial charge in [0.25, 0.3) is 0 Å². The van der Waals surface area contributed by atoms with Crippen LogP contribution in [-0.4, -0.2) is 54.3 Å². The Bertz CT molecular complexity index is 665. The van der Waals surface area contributed by atoms with E-state index in [0.29, 0.717) is 31.3 Å². The van der Waals surface area contributed by atoms with Crippen LogP contribution in [0.2, 0.25) is 0 Å². The predicted molar refractivity (Wildman–Crippen MR) is 98.1 cm³/mol. The Morgan fingerprint density at radius 1 is 1.28 bits per heavy atom. The molecular weight excluding hydrogens is 338 g/mol. The number of aromatic nitrogens is 2. The summed E-state index contributed by atoms with van der Waals surface area (Å²) in [6.07, 6.45) is 6.73. The number of piperidine rings is 1. The van der Waals surface area contributed by atoms with E-state index in [0.717, 1.165) is 51.3 Å². The molecule has 25 heavy (non-hydrogen) atoms. The fourth-order valence-corrected chi connectivity index (χ4v) is 5.69. The maximum absolute atomic E-state index is 12.4. The maximum atomic E-state index is 12.4. The molecule has 0 saturated carbocycles. The highest BCUT2D eigenvalue weighted by molar-refractivity contribution is 7.89. The topological polar surface area (TPSA) is 64.4 Å². The van der Waals surface area contributed by atoms with Crippen molar-refractivity contribution in [3.8, 4) is 0 Å². The van der Waals surface area contributed by atoms with Crippen molar-refractivity contribution >= 4 is 10.0 Å². The highest BCUT2D eigenvalue weighted by Crippen LogP contribution is 2.29. The van der Waals surface area contributed by atoms with Gasteiger partial charge in [-0.1, -0.05) is 6.92 Å². The van der Waals surface area contributed by atoms with Crippen LogP contribution in [-0.2, 0) is 21.3 Å². The van der Waals surface area contributed by atoms with E-state index in [-0.39, 0.29) is 5.75 Å². The lowest BCUT2D eigenvalue weighted by Gasteiger charge is -2.33. The number of sulfonamides is 1. The van der Waals surface area contributed by atoms with Gasteiger partial charge in [0.15, 0.2) is 0 Å². The van der Waals surface area contributed by atoms with Crippen LogP contribution in [0.5, 0.6) is 0 Å². The zero-order chi connectivity index (χ0) is 17.9. The molecule has 0 aromatic carbocycles. The third kappa shape index (κ3) is 4.44. The number of hydrogen-bond donors (Lipinski definition) is 0. The van der Waals surface area contributed by atoms with Gasteiger partial charge < -0.3 is 9.30 Å². The molecule has 0 spiro atoms. The fourth-order valence-electron chi connectivity index (χ4n) is 4.07. The van der Waals surface area contributed by atoms with E-state index in [1.165, 1.54) is 5.69 Å². The molecule has 0 aliphatic carbocycles. The normalized spacial score (nSPS) is 23.8. The smallest absolute Gasteiger partial charge is 0.214 e. The molecule has 2 fully saturated rings. The number of nitrogens with zero attached hydrogens (tertiary/aromatic N) is 3. The van der Waals surface area contributed by atoms with Gasteiger partial charge in [-0.2, -0.15) is 0 Å². The molecular formula is C18H31N3O3S. The van der Waals surface area contributed by atoms with Crippen molar-refractivity contribution in [1.82, 2.24) is 13.9 Å². The largest absolute Gasteiger partial charge is 0.381 e. The molecule has 2 saturated heterocycles. The summed E-state index contributed by atoms with van der Waals surface area (Å²) in [4.78, 5) is 4.68. The summed E-state index contributed by atoms with van der Waals surface area (Å²) < 4.78 is 34.3. The molecule has 1 atom stereocenters. The highest BCUT2D eigenvalue weighted by atomic mass is 32.2. The number of aryl methyl sites for hydroxylation is 1. The fraction of sp³-hybridized carbons (Fsp3) is 0.833. The van der Waals surface area contributed by atoms with E-state index in [4.69, 9.17) is 4.74 Å². The minimum atomic E-state index is -3.09. The van der Waals surface area contributed by atoms with E-state index in [2.05, 4.69) is 16.5 Å². The van der Waals surface area contributed by atoms with E-state index in [1.807, 2.05) is 13.1 Å². The molecule has 0 radical (unpaired) electrons. The zero-order valence-corrected chi connectivity index (χ0v) is 16.3. The molecule has 0 N–H and O–H groups in total. The van der Waals surface area contributed by atoms with Crippen molar-refractivity contribution in [2.24, 2.45) is 5.92 Å². The van der Waals surface area contributed by atoms with Crippen molar-refractivity contribution in [2.75, 3.05) is 32.1 Å². The van der Waals surface area contributed by atoms with E-state index in [1.54, 1.807) is 4.31 Å². The first-order chi connectivity index (χ1) is 12.0. The molecule has 0 bridgehead atoms. The van der Waals surface area contributed by atoms with Gasteiger partial charge in [-0.25, -0.2) is 17.7 Å². The second-order valence-electron chi connectivity index (χ2n) is 7.44. The molecule has 142 valence electrons. The molecule has 7 heteroatoms. The molecule has 2 aliphatic rings. The van der Waals surface area contributed by atoms with Gasteiger partial charge in [0, 0.05) is 50.7 Å². The van der Waals surface area contributed by atoms with Crippen LogP contribution in [0, 0.1) is 12.8 Å². The number of imidazole rings is 1. The van der Waals surface area contributed by atoms with Gasteiger partial charge in [0.05, 0.1) is 5.75 Å². The molecule has 6 nitrogen and oxygen atoms in total. The van der Waals surface area contributed by atoms with Crippen LogP contribution < -0.4 is 0 Å². The van der Waals surface area contributed by atoms with Crippen LogP contribution in [0.4, 0.5) is 0 Å².